The number of nitrogens with zero attached hydrogens (tertiary/aromatic N) is 2. The maximum atomic E-state index is 12.7. The molecule has 0 aliphatic carbocycles. The maximum absolute atomic E-state index is 12.7. The second-order valence-corrected chi connectivity index (χ2v) is 6.27. The van der Waals surface area contributed by atoms with Crippen molar-refractivity contribution in [3.05, 3.63) is 65.7 Å². The summed E-state index contributed by atoms with van der Waals surface area (Å²) in [7, 11) is 4.04. The van der Waals surface area contributed by atoms with Gasteiger partial charge in [-0.05, 0) is 38.7 Å². The molecular weight excluding hydrogens is 272 g/mol. The van der Waals surface area contributed by atoms with E-state index in [0.717, 1.165) is 12.2 Å². The molecule has 1 aliphatic rings. The molecule has 0 spiro atoms. The highest BCUT2D eigenvalue weighted by molar-refractivity contribution is 6.03. The minimum Gasteiger partial charge on any atom is -0.309 e. The van der Waals surface area contributed by atoms with Crippen molar-refractivity contribution in [1.29, 1.82) is 0 Å². The highest BCUT2D eigenvalue weighted by Crippen LogP contribution is 2.43. The van der Waals surface area contributed by atoms with Crippen molar-refractivity contribution in [2.75, 3.05) is 25.5 Å². The van der Waals surface area contributed by atoms with Gasteiger partial charge in [0.2, 0.25) is 5.91 Å². The van der Waals surface area contributed by atoms with Crippen LogP contribution in [-0.2, 0) is 4.79 Å². The molecule has 3 nitrogen and oxygen atoms in total. The third-order valence-corrected chi connectivity index (χ3v) is 4.23. The summed E-state index contributed by atoms with van der Waals surface area (Å²) >= 11 is 0. The molecule has 3 heteroatoms. The Labute approximate surface area is 132 Å². The Morgan fingerprint density at radius 2 is 1.64 bits per heavy atom. The maximum Gasteiger partial charge on any atom is 0.234 e. The molecule has 2 atom stereocenters. The molecule has 0 bridgehead atoms. The van der Waals surface area contributed by atoms with Gasteiger partial charge in [0.15, 0.2) is 0 Å². The number of carbonyl (C=O) groups is 1. The van der Waals surface area contributed by atoms with Crippen LogP contribution in [0.25, 0.3) is 0 Å². The monoisotopic (exact) mass is 294 g/mol. The van der Waals surface area contributed by atoms with Crippen LogP contribution in [0.3, 0.4) is 0 Å². The minimum atomic E-state index is 0.0266. The lowest BCUT2D eigenvalue weighted by Crippen LogP contribution is -2.58. The van der Waals surface area contributed by atoms with Crippen molar-refractivity contribution >= 4 is 11.6 Å². The van der Waals surface area contributed by atoms with Crippen LogP contribution in [0, 0.1) is 12.8 Å². The summed E-state index contributed by atoms with van der Waals surface area (Å²) in [6, 6.07) is 18.6. The van der Waals surface area contributed by atoms with Crippen molar-refractivity contribution < 1.29 is 4.79 Å². The van der Waals surface area contributed by atoms with Crippen LogP contribution in [0.5, 0.6) is 0 Å². The number of carbonyl (C=O) groups excluding carboxylic acids is 1. The van der Waals surface area contributed by atoms with Crippen molar-refractivity contribution in [2.45, 2.75) is 13.0 Å². The molecule has 2 aromatic rings. The Morgan fingerprint density at radius 1 is 1.00 bits per heavy atom. The summed E-state index contributed by atoms with van der Waals surface area (Å²) in [5.74, 6) is 0.241. The predicted octanol–water partition coefficient (Wildman–Crippen LogP) is 3.26. The van der Waals surface area contributed by atoms with E-state index in [9.17, 15) is 4.79 Å². The summed E-state index contributed by atoms with van der Waals surface area (Å²) in [5.41, 5.74) is 3.40. The van der Waals surface area contributed by atoms with Crippen LogP contribution in [0.2, 0.25) is 0 Å². The molecule has 1 aliphatic heterocycles. The Kier molecular flexibility index (Phi) is 3.99. The quantitative estimate of drug-likeness (QED) is 0.808. The first-order valence-corrected chi connectivity index (χ1v) is 7.67. The van der Waals surface area contributed by atoms with Crippen LogP contribution in [0.1, 0.15) is 17.2 Å². The van der Waals surface area contributed by atoms with E-state index in [1.54, 1.807) is 0 Å². The van der Waals surface area contributed by atoms with Gasteiger partial charge in [-0.3, -0.25) is 4.79 Å². The van der Waals surface area contributed by atoms with E-state index in [4.69, 9.17) is 0 Å². The molecule has 3 rings (SSSR count). The van der Waals surface area contributed by atoms with Crippen LogP contribution in [-0.4, -0.2) is 31.4 Å². The fourth-order valence-electron chi connectivity index (χ4n) is 3.14. The van der Waals surface area contributed by atoms with Crippen LogP contribution in [0.4, 0.5) is 5.69 Å². The molecule has 1 saturated heterocycles. The molecule has 2 aromatic carbocycles. The average molecular weight is 294 g/mol. The largest absolute Gasteiger partial charge is 0.309 e. The van der Waals surface area contributed by atoms with E-state index < -0.39 is 0 Å². The zero-order valence-electron chi connectivity index (χ0n) is 13.4. The van der Waals surface area contributed by atoms with Gasteiger partial charge in [0.05, 0.1) is 12.0 Å². The summed E-state index contributed by atoms with van der Waals surface area (Å²) in [6.45, 7) is 2.84. The first kappa shape index (κ1) is 14.8. The molecule has 1 heterocycles. The second-order valence-electron chi connectivity index (χ2n) is 6.27. The highest BCUT2D eigenvalue weighted by Gasteiger charge is 2.48. The Hall–Kier alpha value is -2.13. The Bertz CT molecular complexity index is 649. The van der Waals surface area contributed by atoms with E-state index in [1.165, 1.54) is 11.1 Å². The van der Waals surface area contributed by atoms with Gasteiger partial charge in [-0.1, -0.05) is 48.0 Å². The number of benzene rings is 2. The van der Waals surface area contributed by atoms with Gasteiger partial charge in [-0.15, -0.1) is 0 Å². The van der Waals surface area contributed by atoms with E-state index in [1.807, 2.05) is 49.3 Å². The molecular formula is C19H22N2O. The van der Waals surface area contributed by atoms with Gasteiger partial charge in [0.25, 0.3) is 0 Å². The lowest BCUT2D eigenvalue weighted by molar-refractivity contribution is -0.131. The van der Waals surface area contributed by atoms with Gasteiger partial charge in [-0.25, -0.2) is 0 Å². The number of hydrogen-bond donors (Lipinski definition) is 0. The van der Waals surface area contributed by atoms with Gasteiger partial charge < -0.3 is 9.80 Å². The zero-order chi connectivity index (χ0) is 15.7. The summed E-state index contributed by atoms with van der Waals surface area (Å²) in [6.07, 6.45) is 0. The standard InChI is InChI=1S/C19H22N2O/c1-14-9-11-16(12-10-14)21-18(15-7-5-4-6-8-15)17(19(21)22)13-20(2)3/h4-12,17-18H,13H2,1-3H3/t17-,18-/m0/s1. The van der Waals surface area contributed by atoms with Crippen molar-refractivity contribution in [3.63, 3.8) is 0 Å². The molecule has 0 N–H and O–H groups in total. The highest BCUT2D eigenvalue weighted by atomic mass is 16.2. The normalized spacial score (nSPS) is 21.1. The zero-order valence-corrected chi connectivity index (χ0v) is 13.4. The molecule has 0 radical (unpaired) electrons. The SMILES string of the molecule is Cc1ccc(N2C(=O)[C@@H](CN(C)C)[C@@H]2c2ccccc2)cc1. The summed E-state index contributed by atoms with van der Waals surface area (Å²) in [4.78, 5) is 16.7. The summed E-state index contributed by atoms with van der Waals surface area (Å²) in [5, 5.41) is 0. The first-order valence-electron chi connectivity index (χ1n) is 7.67. The average Bonchev–Trinajstić information content (AvgIpc) is 2.52. The number of hydrogen-bond acceptors (Lipinski definition) is 2. The second kappa shape index (κ2) is 5.93. The smallest absolute Gasteiger partial charge is 0.234 e. The van der Waals surface area contributed by atoms with Crippen molar-refractivity contribution in [3.8, 4) is 0 Å². The number of aryl methyl sites for hydroxylation is 1. The van der Waals surface area contributed by atoms with Crippen LogP contribution >= 0.6 is 0 Å². The molecule has 114 valence electrons. The molecule has 1 fully saturated rings. The number of amides is 1. The van der Waals surface area contributed by atoms with Crippen LogP contribution < -0.4 is 4.90 Å². The fourth-order valence-corrected chi connectivity index (χ4v) is 3.14. The first-order chi connectivity index (χ1) is 10.6. The number of β-lactam (4-membered cyclic amide) rings is 1. The molecule has 0 saturated carbocycles. The van der Waals surface area contributed by atoms with Crippen molar-refractivity contribution in [2.24, 2.45) is 5.92 Å². The van der Waals surface area contributed by atoms with E-state index in [0.29, 0.717) is 0 Å². The molecule has 22 heavy (non-hydrogen) atoms. The number of rotatable bonds is 4. The van der Waals surface area contributed by atoms with E-state index in [-0.39, 0.29) is 17.9 Å². The van der Waals surface area contributed by atoms with Crippen molar-refractivity contribution in [1.82, 2.24) is 4.90 Å². The lowest BCUT2D eigenvalue weighted by atomic mass is 9.81. The Balaban J connectivity index is 1.94. The lowest BCUT2D eigenvalue weighted by Gasteiger charge is -2.48. The van der Waals surface area contributed by atoms with Gasteiger partial charge in [0, 0.05) is 12.2 Å². The van der Waals surface area contributed by atoms with Gasteiger partial charge in [0.1, 0.15) is 0 Å². The van der Waals surface area contributed by atoms with Gasteiger partial charge in [-0.2, -0.15) is 0 Å². The third-order valence-electron chi connectivity index (χ3n) is 4.23. The van der Waals surface area contributed by atoms with Gasteiger partial charge >= 0.3 is 0 Å². The van der Waals surface area contributed by atoms with E-state index >= 15 is 0 Å². The van der Waals surface area contributed by atoms with Crippen LogP contribution in [0.15, 0.2) is 54.6 Å². The minimum absolute atomic E-state index is 0.0266. The molecule has 0 unspecified atom stereocenters. The number of anilines is 1. The topological polar surface area (TPSA) is 23.6 Å². The Morgan fingerprint density at radius 3 is 2.23 bits per heavy atom. The van der Waals surface area contributed by atoms with E-state index in [2.05, 4.69) is 36.1 Å². The molecule has 1 amide bonds. The fraction of sp³-hybridized carbons (Fsp3) is 0.316. The predicted molar refractivity (Wildman–Crippen MR) is 89.9 cm³/mol. The summed E-state index contributed by atoms with van der Waals surface area (Å²) < 4.78 is 0. The third kappa shape index (κ3) is 2.64. The molecule has 0 aromatic heterocycles.